The number of aliphatic hydroxyl groups excluding tert-OH is 1. The minimum Gasteiger partial charge on any atom is -0.476 e. The number of fused-ring (bicyclic) bond motifs is 4. The van der Waals surface area contributed by atoms with E-state index in [0.717, 1.165) is 57.0 Å². The Morgan fingerprint density at radius 1 is 1.23 bits per heavy atom. The maximum Gasteiger partial charge on any atom is 0.240 e. The quantitative estimate of drug-likeness (QED) is 0.356. The zero-order chi connectivity index (χ0) is 28.4. The summed E-state index contributed by atoms with van der Waals surface area (Å²) in [7, 11) is 3.53. The maximum atomic E-state index is 9.79. The number of rotatable bonds is 7. The molecule has 1 aliphatic rings. The second-order valence-electron chi connectivity index (χ2n) is 9.91. The van der Waals surface area contributed by atoms with Gasteiger partial charge in [0.25, 0.3) is 0 Å². The molecule has 1 atom stereocenters. The molecule has 0 amide bonds. The van der Waals surface area contributed by atoms with Crippen molar-refractivity contribution in [2.45, 2.75) is 53.4 Å². The molecule has 5 rings (SSSR count). The molecule has 40 heavy (non-hydrogen) atoms. The molecule has 0 saturated carbocycles. The summed E-state index contributed by atoms with van der Waals surface area (Å²) in [5.74, 6) is 1.18. The first-order valence-corrected chi connectivity index (χ1v) is 13.7. The van der Waals surface area contributed by atoms with Gasteiger partial charge in [-0.3, -0.25) is 19.7 Å². The molecule has 12 heteroatoms. The number of aryl methyl sites for hydroxylation is 2. The summed E-state index contributed by atoms with van der Waals surface area (Å²) in [6, 6.07) is 2.08. The minimum atomic E-state index is -0.0263. The van der Waals surface area contributed by atoms with Gasteiger partial charge in [0, 0.05) is 32.1 Å². The van der Waals surface area contributed by atoms with Crippen LogP contribution in [0, 0.1) is 6.92 Å². The lowest BCUT2D eigenvalue weighted by molar-refractivity contribution is 0.136. The highest BCUT2D eigenvalue weighted by atomic mass is 16.5. The van der Waals surface area contributed by atoms with Crippen molar-refractivity contribution in [3.8, 4) is 23.0 Å². The summed E-state index contributed by atoms with van der Waals surface area (Å²) < 4.78 is 21.5. The molecular formula is C28H38N8O4. The monoisotopic (exact) mass is 550 g/mol. The van der Waals surface area contributed by atoms with Crippen molar-refractivity contribution in [3.05, 3.63) is 34.4 Å². The van der Waals surface area contributed by atoms with E-state index >= 15 is 0 Å². The molecule has 5 heterocycles. The zero-order valence-corrected chi connectivity index (χ0v) is 24.1. The smallest absolute Gasteiger partial charge is 0.240 e. The number of aromatic amines is 1. The molecule has 0 saturated heterocycles. The number of hydrogen-bond acceptors (Lipinski definition) is 9. The zero-order valence-electron chi connectivity index (χ0n) is 24.1. The predicted molar refractivity (Wildman–Crippen MR) is 152 cm³/mol. The molecule has 214 valence electrons. The molecule has 0 fully saturated rings. The molecule has 0 spiro atoms. The number of nitrogens with zero attached hydrogens (tertiary/aromatic N) is 7. The van der Waals surface area contributed by atoms with Gasteiger partial charge in [-0.25, -0.2) is 4.68 Å². The standard InChI is InChI=1S/C28H38N8O4/c1-7-35-14-24-19(27(39-8-2)33-36(24)11-12-37)9-10-21-20-13-22(29-18(4)26(20)31-30-21)25-23(16-38-6)32-34(5)28(25)40-15-17(35)3/h9-10,13,17,37H,7-8,11-12,14-16H2,1-6H3,(H,30,31)/b10-9+. The third kappa shape index (κ3) is 5.09. The molecule has 12 nitrogen and oxygen atoms in total. The number of methoxy groups -OCH3 is 1. The first kappa shape index (κ1) is 27.8. The summed E-state index contributed by atoms with van der Waals surface area (Å²) in [4.78, 5) is 7.23. The Morgan fingerprint density at radius 3 is 2.77 bits per heavy atom. The average Bonchev–Trinajstić information content (AvgIpc) is 3.58. The van der Waals surface area contributed by atoms with Crippen LogP contribution >= 0.6 is 0 Å². The fourth-order valence-electron chi connectivity index (χ4n) is 5.25. The van der Waals surface area contributed by atoms with Crippen LogP contribution in [0.1, 0.15) is 49.1 Å². The van der Waals surface area contributed by atoms with E-state index in [1.165, 1.54) is 0 Å². The van der Waals surface area contributed by atoms with Crippen LogP contribution in [-0.4, -0.2) is 84.3 Å². The average molecular weight is 551 g/mol. The largest absolute Gasteiger partial charge is 0.476 e. The van der Waals surface area contributed by atoms with Gasteiger partial charge in [0.2, 0.25) is 11.8 Å². The second kappa shape index (κ2) is 11.8. The van der Waals surface area contributed by atoms with Gasteiger partial charge in [-0.2, -0.15) is 10.2 Å². The van der Waals surface area contributed by atoms with Gasteiger partial charge in [0.1, 0.15) is 17.8 Å². The molecule has 2 N–H and O–H groups in total. The van der Waals surface area contributed by atoms with Gasteiger partial charge in [-0.1, -0.05) is 6.92 Å². The van der Waals surface area contributed by atoms with E-state index < -0.39 is 0 Å². The minimum absolute atomic E-state index is 0.0263. The first-order chi connectivity index (χ1) is 19.4. The van der Waals surface area contributed by atoms with Gasteiger partial charge in [0.15, 0.2) is 0 Å². The number of H-pyrrole nitrogens is 1. The van der Waals surface area contributed by atoms with E-state index in [-0.39, 0.29) is 12.6 Å². The van der Waals surface area contributed by atoms with Gasteiger partial charge >= 0.3 is 0 Å². The molecule has 1 unspecified atom stereocenters. The van der Waals surface area contributed by atoms with Crippen molar-refractivity contribution in [2.75, 3.05) is 33.5 Å². The van der Waals surface area contributed by atoms with Gasteiger partial charge in [-0.15, -0.1) is 5.10 Å². The highest BCUT2D eigenvalue weighted by Crippen LogP contribution is 2.36. The molecule has 1 aliphatic heterocycles. The molecule has 4 aromatic rings. The maximum absolute atomic E-state index is 9.79. The number of ether oxygens (including phenoxy) is 3. The number of nitrogens with one attached hydrogen (secondary N) is 1. The van der Waals surface area contributed by atoms with Crippen molar-refractivity contribution in [2.24, 2.45) is 7.05 Å². The Balaban J connectivity index is 1.75. The molecule has 0 aliphatic carbocycles. The first-order valence-electron chi connectivity index (χ1n) is 13.7. The van der Waals surface area contributed by atoms with Crippen molar-refractivity contribution >= 4 is 23.1 Å². The third-order valence-electron chi connectivity index (χ3n) is 7.27. The van der Waals surface area contributed by atoms with Crippen LogP contribution in [0.2, 0.25) is 0 Å². The van der Waals surface area contributed by atoms with E-state index in [2.05, 4.69) is 28.9 Å². The summed E-state index contributed by atoms with van der Waals surface area (Å²) in [5, 5.41) is 27.9. The summed E-state index contributed by atoms with van der Waals surface area (Å²) in [6.07, 6.45) is 4.02. The normalized spacial score (nSPS) is 16.8. The lowest BCUT2D eigenvalue weighted by Gasteiger charge is -2.28. The van der Waals surface area contributed by atoms with E-state index in [0.29, 0.717) is 44.7 Å². The van der Waals surface area contributed by atoms with Crippen LogP contribution in [0.5, 0.6) is 11.8 Å². The summed E-state index contributed by atoms with van der Waals surface area (Å²) in [5.41, 5.74) is 6.58. The number of aromatic nitrogens is 7. The van der Waals surface area contributed by atoms with E-state index in [9.17, 15) is 5.11 Å². The Morgan fingerprint density at radius 2 is 2.05 bits per heavy atom. The van der Waals surface area contributed by atoms with Crippen LogP contribution in [0.4, 0.5) is 0 Å². The summed E-state index contributed by atoms with van der Waals surface area (Å²) >= 11 is 0. The second-order valence-corrected chi connectivity index (χ2v) is 9.91. The predicted octanol–water partition coefficient (Wildman–Crippen LogP) is 3.17. The van der Waals surface area contributed by atoms with Crippen LogP contribution < -0.4 is 9.47 Å². The SMILES string of the molecule is CCOc1nn(CCO)c2c1/C=C/c1[nH]nc3c(C)nc(cc13)-c1c(COC)nn(C)c1OCC(C)N(CC)C2. The number of likely N-dealkylation sites (N-methyl/N-ethyl adjacent to an activating group) is 1. The Kier molecular flexibility index (Phi) is 8.19. The van der Waals surface area contributed by atoms with E-state index in [4.69, 9.17) is 29.4 Å². The molecule has 0 aromatic carbocycles. The summed E-state index contributed by atoms with van der Waals surface area (Å²) in [6.45, 7) is 11.1. The van der Waals surface area contributed by atoms with Gasteiger partial charge in [0.05, 0.1) is 60.3 Å². The van der Waals surface area contributed by atoms with Crippen molar-refractivity contribution < 1.29 is 19.3 Å². The molecule has 4 aromatic heterocycles. The van der Waals surface area contributed by atoms with E-state index in [1.807, 2.05) is 43.8 Å². The number of pyridine rings is 1. The van der Waals surface area contributed by atoms with Crippen LogP contribution in [0.3, 0.4) is 0 Å². The van der Waals surface area contributed by atoms with Crippen LogP contribution in [-0.2, 0) is 31.5 Å². The van der Waals surface area contributed by atoms with Crippen molar-refractivity contribution in [1.82, 2.24) is 39.6 Å². The fourth-order valence-corrected chi connectivity index (χ4v) is 5.25. The van der Waals surface area contributed by atoms with Crippen molar-refractivity contribution in [1.29, 1.82) is 0 Å². The van der Waals surface area contributed by atoms with Gasteiger partial charge < -0.3 is 19.3 Å². The lowest BCUT2D eigenvalue weighted by atomic mass is 10.1. The fraction of sp³-hybridized carbons (Fsp3) is 0.500. The highest BCUT2D eigenvalue weighted by molar-refractivity contribution is 5.93. The van der Waals surface area contributed by atoms with Gasteiger partial charge in [-0.05, 0) is 45.5 Å². The lowest BCUT2D eigenvalue weighted by Crippen LogP contribution is -2.37. The Hall–Kier alpha value is -3.74. The topological polar surface area (TPSA) is 128 Å². The Labute approximate surface area is 233 Å². The third-order valence-corrected chi connectivity index (χ3v) is 7.27. The number of aliphatic hydroxyl groups is 1. The molecule has 2 bridgehead atoms. The Bertz CT molecular complexity index is 1520. The van der Waals surface area contributed by atoms with Crippen LogP contribution in [0.25, 0.3) is 34.3 Å². The highest BCUT2D eigenvalue weighted by Gasteiger charge is 2.26. The number of hydrogen-bond donors (Lipinski definition) is 2. The molecule has 0 radical (unpaired) electrons. The molecular weight excluding hydrogens is 512 g/mol. The van der Waals surface area contributed by atoms with Crippen LogP contribution in [0.15, 0.2) is 6.07 Å². The van der Waals surface area contributed by atoms with Crippen molar-refractivity contribution in [3.63, 3.8) is 0 Å². The van der Waals surface area contributed by atoms with E-state index in [1.54, 1.807) is 11.8 Å².